The van der Waals surface area contributed by atoms with Crippen LogP contribution in [-0.4, -0.2) is 45.2 Å². The number of carboxylic acids is 1. The van der Waals surface area contributed by atoms with Crippen LogP contribution in [0.25, 0.3) is 0 Å². The second-order valence-electron chi connectivity index (χ2n) is 5.77. The van der Waals surface area contributed by atoms with E-state index >= 15 is 0 Å². The molecule has 126 valence electrons. The van der Waals surface area contributed by atoms with Crippen LogP contribution in [0.2, 0.25) is 0 Å². The average molecular weight is 329 g/mol. The fraction of sp³-hybridized carbons (Fsp3) is 0.375. The third kappa shape index (κ3) is 3.70. The zero-order chi connectivity index (χ0) is 16.9. The predicted octanol–water partition coefficient (Wildman–Crippen LogP) is 0.661. The molecule has 0 aromatic carbocycles. The van der Waals surface area contributed by atoms with E-state index in [2.05, 4.69) is 15.3 Å². The van der Waals surface area contributed by atoms with E-state index in [1.807, 2.05) is 23.1 Å². The molecule has 1 unspecified atom stereocenters. The molecule has 3 rings (SSSR count). The summed E-state index contributed by atoms with van der Waals surface area (Å²) in [5, 5.41) is 12.2. The van der Waals surface area contributed by atoms with Crippen molar-refractivity contribution in [2.45, 2.75) is 13.0 Å². The number of carboxylic acid groups (broad SMARTS) is 1. The Bertz CT molecular complexity index is 762. The first kappa shape index (κ1) is 16.0. The number of nitrogens with one attached hydrogen (secondary N) is 1. The number of aromatic nitrogens is 3. The molecule has 1 aliphatic rings. The van der Waals surface area contributed by atoms with E-state index in [-0.39, 0.29) is 12.1 Å². The molecule has 2 aromatic rings. The van der Waals surface area contributed by atoms with Crippen LogP contribution in [0.15, 0.2) is 41.6 Å². The summed E-state index contributed by atoms with van der Waals surface area (Å²) in [6.07, 6.45) is 5.55. The standard InChI is InChI=1S/C16H19N5O3/c22-14(23)11-21-8-6-18-15(16(21)24)20-7-4-12(10-20)9-19-13-3-1-2-5-17-13/h1-3,5-6,8,12H,4,7,9-11H2,(H,17,19)(H,22,23). The highest BCUT2D eigenvalue weighted by molar-refractivity contribution is 5.66. The Morgan fingerprint density at radius 1 is 1.33 bits per heavy atom. The minimum atomic E-state index is -1.05. The summed E-state index contributed by atoms with van der Waals surface area (Å²) < 4.78 is 1.17. The molecule has 1 atom stereocenters. The highest BCUT2D eigenvalue weighted by atomic mass is 16.4. The molecule has 0 aliphatic carbocycles. The Kier molecular flexibility index (Phi) is 4.74. The van der Waals surface area contributed by atoms with E-state index in [9.17, 15) is 9.59 Å². The average Bonchev–Trinajstić information content (AvgIpc) is 3.04. The first-order chi connectivity index (χ1) is 11.6. The van der Waals surface area contributed by atoms with Crippen molar-refractivity contribution in [3.05, 3.63) is 47.1 Å². The highest BCUT2D eigenvalue weighted by Crippen LogP contribution is 2.20. The fourth-order valence-corrected chi connectivity index (χ4v) is 2.83. The SMILES string of the molecule is O=C(O)Cn1ccnc(N2CCC(CNc3ccccn3)C2)c1=O. The summed E-state index contributed by atoms with van der Waals surface area (Å²) in [6, 6.07) is 5.71. The molecular formula is C16H19N5O3. The molecule has 1 fully saturated rings. The van der Waals surface area contributed by atoms with Gasteiger partial charge in [0, 0.05) is 38.2 Å². The lowest BCUT2D eigenvalue weighted by molar-refractivity contribution is -0.137. The summed E-state index contributed by atoms with van der Waals surface area (Å²) in [4.78, 5) is 33.5. The van der Waals surface area contributed by atoms with Gasteiger partial charge in [-0.3, -0.25) is 14.2 Å². The van der Waals surface area contributed by atoms with E-state index in [0.717, 1.165) is 25.3 Å². The lowest BCUT2D eigenvalue weighted by atomic mass is 10.1. The van der Waals surface area contributed by atoms with Gasteiger partial charge in [-0.2, -0.15) is 0 Å². The zero-order valence-corrected chi connectivity index (χ0v) is 13.1. The fourth-order valence-electron chi connectivity index (χ4n) is 2.83. The van der Waals surface area contributed by atoms with Gasteiger partial charge in [-0.05, 0) is 24.5 Å². The van der Waals surface area contributed by atoms with Crippen LogP contribution in [0.3, 0.4) is 0 Å². The van der Waals surface area contributed by atoms with Crippen LogP contribution in [0.4, 0.5) is 11.6 Å². The monoisotopic (exact) mass is 329 g/mol. The molecule has 1 aliphatic heterocycles. The summed E-state index contributed by atoms with van der Waals surface area (Å²) in [6.45, 7) is 1.85. The molecule has 0 spiro atoms. The molecule has 0 radical (unpaired) electrons. The molecule has 1 saturated heterocycles. The van der Waals surface area contributed by atoms with Gasteiger partial charge >= 0.3 is 5.97 Å². The number of nitrogens with zero attached hydrogens (tertiary/aromatic N) is 4. The van der Waals surface area contributed by atoms with E-state index in [0.29, 0.717) is 18.3 Å². The molecule has 2 aromatic heterocycles. The second kappa shape index (κ2) is 7.12. The molecular weight excluding hydrogens is 310 g/mol. The van der Waals surface area contributed by atoms with Crippen molar-refractivity contribution in [2.75, 3.05) is 29.9 Å². The zero-order valence-electron chi connectivity index (χ0n) is 13.1. The van der Waals surface area contributed by atoms with Gasteiger partial charge in [0.05, 0.1) is 0 Å². The summed E-state index contributed by atoms with van der Waals surface area (Å²) in [5.74, 6) is 0.478. The number of hydrogen-bond acceptors (Lipinski definition) is 6. The van der Waals surface area contributed by atoms with Crippen molar-refractivity contribution >= 4 is 17.6 Å². The van der Waals surface area contributed by atoms with Crippen LogP contribution in [0, 0.1) is 5.92 Å². The largest absolute Gasteiger partial charge is 0.480 e. The molecule has 3 heterocycles. The molecule has 8 heteroatoms. The third-order valence-corrected chi connectivity index (χ3v) is 4.02. The Labute approximate surface area is 138 Å². The molecule has 2 N–H and O–H groups in total. The van der Waals surface area contributed by atoms with Crippen molar-refractivity contribution in [3.8, 4) is 0 Å². The topological polar surface area (TPSA) is 100 Å². The van der Waals surface area contributed by atoms with Crippen LogP contribution in [-0.2, 0) is 11.3 Å². The first-order valence-electron chi connectivity index (χ1n) is 7.80. The molecule has 24 heavy (non-hydrogen) atoms. The molecule has 0 bridgehead atoms. The van der Waals surface area contributed by atoms with Crippen molar-refractivity contribution in [2.24, 2.45) is 5.92 Å². The summed E-state index contributed by atoms with van der Waals surface area (Å²) in [5.41, 5.74) is -0.363. The van der Waals surface area contributed by atoms with E-state index in [4.69, 9.17) is 5.11 Å². The van der Waals surface area contributed by atoms with Gasteiger partial charge in [0.2, 0.25) is 0 Å². The number of carbonyl (C=O) groups is 1. The van der Waals surface area contributed by atoms with Crippen molar-refractivity contribution < 1.29 is 9.90 Å². The Hall–Kier alpha value is -2.90. The highest BCUT2D eigenvalue weighted by Gasteiger charge is 2.25. The van der Waals surface area contributed by atoms with Gasteiger partial charge in [-0.15, -0.1) is 0 Å². The first-order valence-corrected chi connectivity index (χ1v) is 7.80. The van der Waals surface area contributed by atoms with E-state index in [1.165, 1.54) is 17.0 Å². The molecule has 8 nitrogen and oxygen atoms in total. The maximum absolute atomic E-state index is 12.3. The number of aliphatic carboxylic acids is 1. The quantitative estimate of drug-likeness (QED) is 0.803. The third-order valence-electron chi connectivity index (χ3n) is 4.02. The molecule has 0 saturated carbocycles. The van der Waals surface area contributed by atoms with Crippen molar-refractivity contribution in [1.29, 1.82) is 0 Å². The maximum Gasteiger partial charge on any atom is 0.323 e. The second-order valence-corrected chi connectivity index (χ2v) is 5.77. The van der Waals surface area contributed by atoms with Crippen LogP contribution in [0.1, 0.15) is 6.42 Å². The van der Waals surface area contributed by atoms with E-state index in [1.54, 1.807) is 6.20 Å². The predicted molar refractivity (Wildman–Crippen MR) is 89.2 cm³/mol. The minimum Gasteiger partial charge on any atom is -0.480 e. The smallest absolute Gasteiger partial charge is 0.323 e. The van der Waals surface area contributed by atoms with E-state index < -0.39 is 5.97 Å². The maximum atomic E-state index is 12.3. The summed E-state index contributed by atoms with van der Waals surface area (Å²) >= 11 is 0. The Morgan fingerprint density at radius 2 is 2.21 bits per heavy atom. The van der Waals surface area contributed by atoms with Gasteiger partial charge in [-0.25, -0.2) is 9.97 Å². The van der Waals surface area contributed by atoms with Gasteiger partial charge < -0.3 is 15.3 Å². The number of anilines is 2. The van der Waals surface area contributed by atoms with Gasteiger partial charge in [0.15, 0.2) is 5.82 Å². The Morgan fingerprint density at radius 3 is 2.96 bits per heavy atom. The summed E-state index contributed by atoms with van der Waals surface area (Å²) in [7, 11) is 0. The number of pyridine rings is 1. The van der Waals surface area contributed by atoms with Gasteiger partial charge in [0.25, 0.3) is 5.56 Å². The van der Waals surface area contributed by atoms with Crippen LogP contribution >= 0.6 is 0 Å². The lowest BCUT2D eigenvalue weighted by Crippen LogP contribution is -2.33. The van der Waals surface area contributed by atoms with Crippen LogP contribution < -0.4 is 15.8 Å². The number of hydrogen-bond donors (Lipinski definition) is 2. The Balaban J connectivity index is 1.63. The lowest BCUT2D eigenvalue weighted by Gasteiger charge is -2.17. The molecule has 0 amide bonds. The number of rotatable bonds is 6. The minimum absolute atomic E-state index is 0.319. The van der Waals surface area contributed by atoms with Gasteiger partial charge in [0.1, 0.15) is 12.4 Å². The van der Waals surface area contributed by atoms with Crippen LogP contribution in [0.5, 0.6) is 0 Å². The van der Waals surface area contributed by atoms with Crippen molar-refractivity contribution in [1.82, 2.24) is 14.5 Å². The van der Waals surface area contributed by atoms with Gasteiger partial charge in [-0.1, -0.05) is 6.07 Å². The normalized spacial score (nSPS) is 17.0. The van der Waals surface area contributed by atoms with Crippen molar-refractivity contribution in [3.63, 3.8) is 0 Å².